The summed E-state index contributed by atoms with van der Waals surface area (Å²) in [5.41, 5.74) is 1.82. The second kappa shape index (κ2) is 7.46. The van der Waals surface area contributed by atoms with E-state index in [4.69, 9.17) is 27.9 Å². The van der Waals surface area contributed by atoms with Gasteiger partial charge in [-0.05, 0) is 43.5 Å². The SMILES string of the molecule is Cc1ccccc1OCCCCN1C(=O)C(=O)c2cc(Cl)cc(Cl)c21. The number of carbonyl (C=O) groups is 2. The molecular weight excluding hydrogens is 361 g/mol. The first-order valence-electron chi connectivity index (χ1n) is 8.02. The molecule has 0 N–H and O–H groups in total. The highest BCUT2D eigenvalue weighted by Crippen LogP contribution is 2.38. The monoisotopic (exact) mass is 377 g/mol. The minimum absolute atomic E-state index is 0.277. The summed E-state index contributed by atoms with van der Waals surface area (Å²) in [6.07, 6.45) is 1.45. The van der Waals surface area contributed by atoms with Crippen molar-refractivity contribution in [3.8, 4) is 5.75 Å². The van der Waals surface area contributed by atoms with Crippen molar-refractivity contribution in [2.24, 2.45) is 0 Å². The molecule has 0 aliphatic carbocycles. The van der Waals surface area contributed by atoms with E-state index in [0.717, 1.165) is 17.7 Å². The lowest BCUT2D eigenvalue weighted by molar-refractivity contribution is -0.114. The highest BCUT2D eigenvalue weighted by molar-refractivity contribution is 6.54. The smallest absolute Gasteiger partial charge is 0.299 e. The Morgan fingerprint density at radius 1 is 1.08 bits per heavy atom. The molecule has 6 heteroatoms. The van der Waals surface area contributed by atoms with Crippen LogP contribution in [0.2, 0.25) is 10.0 Å². The molecule has 25 heavy (non-hydrogen) atoms. The number of hydrogen-bond donors (Lipinski definition) is 0. The Morgan fingerprint density at radius 2 is 1.84 bits per heavy atom. The number of anilines is 1. The quantitative estimate of drug-likeness (QED) is 0.541. The van der Waals surface area contributed by atoms with E-state index in [1.54, 1.807) is 6.07 Å². The minimum atomic E-state index is -0.560. The van der Waals surface area contributed by atoms with E-state index >= 15 is 0 Å². The lowest BCUT2D eigenvalue weighted by Crippen LogP contribution is -2.31. The van der Waals surface area contributed by atoms with E-state index in [1.165, 1.54) is 11.0 Å². The molecule has 2 aromatic rings. The summed E-state index contributed by atoms with van der Waals surface area (Å²) in [5.74, 6) is -0.257. The van der Waals surface area contributed by atoms with Crippen LogP contribution in [0.15, 0.2) is 36.4 Å². The Hall–Kier alpha value is -2.04. The Morgan fingerprint density at radius 3 is 2.60 bits per heavy atom. The van der Waals surface area contributed by atoms with Crippen LogP contribution in [0.1, 0.15) is 28.8 Å². The number of nitrogens with zero attached hydrogens (tertiary/aromatic N) is 1. The number of halogens is 2. The van der Waals surface area contributed by atoms with Crippen molar-refractivity contribution in [3.63, 3.8) is 0 Å². The molecule has 0 spiro atoms. The Kier molecular flexibility index (Phi) is 5.30. The van der Waals surface area contributed by atoms with Crippen LogP contribution in [0.4, 0.5) is 5.69 Å². The fourth-order valence-electron chi connectivity index (χ4n) is 2.84. The Labute approximate surface area is 156 Å². The molecule has 0 unspecified atom stereocenters. The van der Waals surface area contributed by atoms with E-state index < -0.39 is 11.7 Å². The molecule has 1 amide bonds. The zero-order chi connectivity index (χ0) is 18.0. The third-order valence-electron chi connectivity index (χ3n) is 4.11. The van der Waals surface area contributed by atoms with Crippen LogP contribution in [-0.4, -0.2) is 24.8 Å². The van der Waals surface area contributed by atoms with Gasteiger partial charge < -0.3 is 9.64 Å². The number of carbonyl (C=O) groups excluding carboxylic acids is 2. The van der Waals surface area contributed by atoms with Gasteiger partial charge in [-0.3, -0.25) is 9.59 Å². The van der Waals surface area contributed by atoms with Crippen LogP contribution in [-0.2, 0) is 4.79 Å². The van der Waals surface area contributed by atoms with Crippen molar-refractivity contribution in [2.75, 3.05) is 18.1 Å². The molecule has 3 rings (SSSR count). The normalized spacial score (nSPS) is 13.3. The average molecular weight is 378 g/mol. The number of unbranched alkanes of at least 4 members (excludes halogenated alkanes) is 1. The summed E-state index contributed by atoms with van der Waals surface area (Å²) in [6.45, 7) is 2.95. The summed E-state index contributed by atoms with van der Waals surface area (Å²) in [4.78, 5) is 25.7. The van der Waals surface area contributed by atoms with Crippen molar-refractivity contribution >= 4 is 40.6 Å². The lowest BCUT2D eigenvalue weighted by atomic mass is 10.1. The average Bonchev–Trinajstić information content (AvgIpc) is 2.81. The van der Waals surface area contributed by atoms with E-state index in [2.05, 4.69) is 0 Å². The third-order valence-corrected chi connectivity index (χ3v) is 4.62. The maximum Gasteiger partial charge on any atom is 0.299 e. The van der Waals surface area contributed by atoms with Crippen LogP contribution in [0.25, 0.3) is 0 Å². The van der Waals surface area contributed by atoms with Gasteiger partial charge in [0, 0.05) is 11.6 Å². The van der Waals surface area contributed by atoms with Crippen LogP contribution in [0, 0.1) is 6.92 Å². The van der Waals surface area contributed by atoms with E-state index in [9.17, 15) is 9.59 Å². The minimum Gasteiger partial charge on any atom is -0.493 e. The maximum atomic E-state index is 12.2. The number of hydrogen-bond acceptors (Lipinski definition) is 3. The number of aryl methyl sites for hydroxylation is 1. The van der Waals surface area contributed by atoms with E-state index in [0.29, 0.717) is 35.3 Å². The molecule has 0 atom stereocenters. The summed E-state index contributed by atoms with van der Waals surface area (Å²) in [6, 6.07) is 10.9. The number of ether oxygens (including phenoxy) is 1. The predicted molar refractivity (Wildman–Crippen MR) is 99.1 cm³/mol. The van der Waals surface area contributed by atoms with Gasteiger partial charge in [-0.1, -0.05) is 41.4 Å². The number of amides is 1. The molecule has 1 heterocycles. The third kappa shape index (κ3) is 3.65. The Bertz CT molecular complexity index is 835. The van der Waals surface area contributed by atoms with Crippen molar-refractivity contribution in [1.82, 2.24) is 0 Å². The number of Topliss-reactive ketones (excluding diaryl/α,β-unsaturated/α-hetero) is 1. The Balaban J connectivity index is 1.59. The first-order valence-corrected chi connectivity index (χ1v) is 8.78. The molecule has 0 saturated heterocycles. The molecule has 0 fully saturated rings. The number of benzene rings is 2. The maximum absolute atomic E-state index is 12.2. The molecule has 0 bridgehead atoms. The molecule has 2 aromatic carbocycles. The second-order valence-electron chi connectivity index (χ2n) is 5.89. The fourth-order valence-corrected chi connectivity index (χ4v) is 3.43. The molecule has 1 aliphatic rings. The van der Waals surface area contributed by atoms with Gasteiger partial charge in [-0.2, -0.15) is 0 Å². The number of para-hydroxylation sites is 1. The molecular formula is C19H17Cl2NO3. The van der Waals surface area contributed by atoms with Crippen molar-refractivity contribution < 1.29 is 14.3 Å². The highest BCUT2D eigenvalue weighted by atomic mass is 35.5. The van der Waals surface area contributed by atoms with Crippen LogP contribution < -0.4 is 9.64 Å². The zero-order valence-corrected chi connectivity index (χ0v) is 15.2. The van der Waals surface area contributed by atoms with Crippen LogP contribution >= 0.6 is 23.2 Å². The second-order valence-corrected chi connectivity index (χ2v) is 6.73. The van der Waals surface area contributed by atoms with Crippen molar-refractivity contribution in [1.29, 1.82) is 0 Å². The van der Waals surface area contributed by atoms with E-state index in [-0.39, 0.29) is 5.56 Å². The van der Waals surface area contributed by atoms with Crippen molar-refractivity contribution in [3.05, 3.63) is 57.6 Å². The van der Waals surface area contributed by atoms with Gasteiger partial charge in [0.1, 0.15) is 5.75 Å². The van der Waals surface area contributed by atoms with Gasteiger partial charge in [-0.15, -0.1) is 0 Å². The topological polar surface area (TPSA) is 46.6 Å². The largest absolute Gasteiger partial charge is 0.493 e. The molecule has 1 aliphatic heterocycles. The number of fused-ring (bicyclic) bond motifs is 1. The van der Waals surface area contributed by atoms with Gasteiger partial charge in [0.15, 0.2) is 0 Å². The van der Waals surface area contributed by atoms with E-state index in [1.807, 2.05) is 31.2 Å². The van der Waals surface area contributed by atoms with Gasteiger partial charge in [0.2, 0.25) is 0 Å². The first kappa shape index (κ1) is 17.8. The predicted octanol–water partition coefficient (Wildman–Crippen LogP) is 4.69. The summed E-state index contributed by atoms with van der Waals surface area (Å²) >= 11 is 12.1. The number of ketones is 1. The molecule has 0 radical (unpaired) electrons. The van der Waals surface area contributed by atoms with Crippen LogP contribution in [0.5, 0.6) is 5.75 Å². The van der Waals surface area contributed by atoms with Crippen molar-refractivity contribution in [2.45, 2.75) is 19.8 Å². The zero-order valence-electron chi connectivity index (χ0n) is 13.7. The fraction of sp³-hybridized carbons (Fsp3) is 0.263. The lowest BCUT2D eigenvalue weighted by Gasteiger charge is -2.18. The highest BCUT2D eigenvalue weighted by Gasteiger charge is 2.37. The molecule has 0 aromatic heterocycles. The van der Waals surface area contributed by atoms with Crippen LogP contribution in [0.3, 0.4) is 0 Å². The van der Waals surface area contributed by atoms with Gasteiger partial charge in [0.25, 0.3) is 11.7 Å². The summed E-state index contributed by atoms with van der Waals surface area (Å²) < 4.78 is 5.74. The summed E-state index contributed by atoms with van der Waals surface area (Å²) in [5, 5.41) is 0.663. The van der Waals surface area contributed by atoms with Gasteiger partial charge >= 0.3 is 0 Å². The standard InChI is InChI=1S/C19H17Cl2NO3/c1-12-6-2-3-7-16(12)25-9-5-4-8-22-17-14(18(23)19(22)24)10-13(20)11-15(17)21/h2-3,6-7,10-11H,4-5,8-9H2,1H3. The number of rotatable bonds is 6. The molecule has 130 valence electrons. The van der Waals surface area contributed by atoms with Gasteiger partial charge in [0.05, 0.1) is 22.9 Å². The molecule has 0 saturated carbocycles. The molecule has 4 nitrogen and oxygen atoms in total. The first-order chi connectivity index (χ1) is 12.0. The van der Waals surface area contributed by atoms with Gasteiger partial charge in [-0.25, -0.2) is 0 Å². The summed E-state index contributed by atoms with van der Waals surface area (Å²) in [7, 11) is 0.